The molecule has 5 nitrogen and oxygen atoms in total. The molecule has 1 aliphatic rings. The minimum Gasteiger partial charge on any atom is -0.354 e. The number of nitrogens with zero attached hydrogens (tertiary/aromatic N) is 1. The molecule has 0 aromatic heterocycles. The first-order valence-electron chi connectivity index (χ1n) is 9.06. The molecule has 0 aliphatic carbocycles. The number of carbonyl (C=O) groups excluding carboxylic acids is 2. The molecule has 2 atom stereocenters. The van der Waals surface area contributed by atoms with Gasteiger partial charge >= 0.3 is 0 Å². The van der Waals surface area contributed by atoms with E-state index in [9.17, 15) is 9.59 Å². The van der Waals surface area contributed by atoms with E-state index in [1.54, 1.807) is 0 Å². The average Bonchev–Trinajstić information content (AvgIpc) is 2.66. The van der Waals surface area contributed by atoms with Crippen molar-refractivity contribution in [3.63, 3.8) is 0 Å². The molecule has 0 spiro atoms. The first-order chi connectivity index (χ1) is 13.0. The quantitative estimate of drug-likeness (QED) is 0.772. The zero-order chi connectivity index (χ0) is 19.2. The van der Waals surface area contributed by atoms with Gasteiger partial charge in [-0.3, -0.25) is 9.59 Å². The van der Waals surface area contributed by atoms with Crippen LogP contribution >= 0.6 is 11.8 Å². The van der Waals surface area contributed by atoms with Crippen molar-refractivity contribution in [3.8, 4) is 0 Å². The monoisotopic (exact) mass is 383 g/mol. The van der Waals surface area contributed by atoms with Crippen LogP contribution in [0, 0.1) is 0 Å². The van der Waals surface area contributed by atoms with E-state index in [1.807, 2.05) is 56.6 Å². The number of anilines is 1. The Labute approximate surface area is 164 Å². The first-order valence-corrected chi connectivity index (χ1v) is 9.94. The summed E-state index contributed by atoms with van der Waals surface area (Å²) in [6, 6.07) is 18.1. The Kier molecular flexibility index (Phi) is 6.53. The van der Waals surface area contributed by atoms with Gasteiger partial charge in [-0.15, -0.1) is 11.8 Å². The molecule has 2 unspecified atom stereocenters. The van der Waals surface area contributed by atoms with E-state index in [1.165, 1.54) is 17.3 Å². The number of hydrogen-bond acceptors (Lipinski definition) is 4. The maximum absolute atomic E-state index is 12.4. The minimum absolute atomic E-state index is 0.0954. The van der Waals surface area contributed by atoms with Gasteiger partial charge < -0.3 is 15.5 Å². The second kappa shape index (κ2) is 9.06. The van der Waals surface area contributed by atoms with Crippen LogP contribution in [-0.2, 0) is 16.0 Å². The van der Waals surface area contributed by atoms with Gasteiger partial charge in [0.15, 0.2) is 0 Å². The van der Waals surface area contributed by atoms with E-state index in [4.69, 9.17) is 0 Å². The number of thioether (sulfide) groups is 1. The Morgan fingerprint density at radius 3 is 2.59 bits per heavy atom. The van der Waals surface area contributed by atoms with Crippen LogP contribution in [0.5, 0.6) is 0 Å². The summed E-state index contributed by atoms with van der Waals surface area (Å²) in [7, 11) is 4.03. The maximum Gasteiger partial charge on any atom is 0.238 e. The second-order valence-corrected chi connectivity index (χ2v) is 8.15. The van der Waals surface area contributed by atoms with Crippen LogP contribution in [0.4, 0.5) is 5.69 Å². The summed E-state index contributed by atoms with van der Waals surface area (Å²) in [5.41, 5.74) is 2.06. The molecule has 2 amide bonds. The van der Waals surface area contributed by atoms with Crippen molar-refractivity contribution >= 4 is 29.3 Å². The Morgan fingerprint density at radius 1 is 1.15 bits per heavy atom. The summed E-state index contributed by atoms with van der Waals surface area (Å²) in [6.45, 7) is 0.552. The van der Waals surface area contributed by atoms with Crippen LogP contribution in [-0.4, -0.2) is 48.6 Å². The fourth-order valence-electron chi connectivity index (χ4n) is 3.02. The predicted molar refractivity (Wildman–Crippen MR) is 110 cm³/mol. The number of carbonyl (C=O) groups is 2. The summed E-state index contributed by atoms with van der Waals surface area (Å²) >= 11 is 1.45. The van der Waals surface area contributed by atoms with Crippen molar-refractivity contribution in [2.75, 3.05) is 26.0 Å². The van der Waals surface area contributed by atoms with Crippen LogP contribution in [0.1, 0.15) is 12.0 Å². The van der Waals surface area contributed by atoms with Gasteiger partial charge in [-0.1, -0.05) is 42.5 Å². The molecule has 27 heavy (non-hydrogen) atoms. The number of fused-ring (bicyclic) bond motifs is 1. The SMILES string of the molecule is CN(C)C(CNC(=O)CC1Sc2ccccc2NC1=O)Cc1ccccc1. The van der Waals surface area contributed by atoms with Gasteiger partial charge in [0.05, 0.1) is 10.9 Å². The molecule has 3 rings (SSSR count). The van der Waals surface area contributed by atoms with Gasteiger partial charge in [0, 0.05) is 23.9 Å². The first kappa shape index (κ1) is 19.5. The average molecular weight is 384 g/mol. The molecule has 0 saturated heterocycles. The van der Waals surface area contributed by atoms with Crippen molar-refractivity contribution in [1.29, 1.82) is 0 Å². The van der Waals surface area contributed by atoms with Gasteiger partial charge in [-0.25, -0.2) is 0 Å². The Hall–Kier alpha value is -2.31. The van der Waals surface area contributed by atoms with Gasteiger partial charge in [0.2, 0.25) is 11.8 Å². The number of hydrogen-bond donors (Lipinski definition) is 2. The van der Waals surface area contributed by atoms with Gasteiger partial charge in [-0.2, -0.15) is 0 Å². The summed E-state index contributed by atoms with van der Waals surface area (Å²) in [5.74, 6) is -0.204. The number of nitrogens with one attached hydrogen (secondary N) is 2. The lowest BCUT2D eigenvalue weighted by Crippen LogP contribution is -2.43. The van der Waals surface area contributed by atoms with Crippen LogP contribution in [0.15, 0.2) is 59.5 Å². The van der Waals surface area contributed by atoms with Crippen molar-refractivity contribution in [2.45, 2.75) is 29.0 Å². The summed E-state index contributed by atoms with van der Waals surface area (Å²) < 4.78 is 0. The Morgan fingerprint density at radius 2 is 1.85 bits per heavy atom. The topological polar surface area (TPSA) is 61.4 Å². The van der Waals surface area contributed by atoms with Crippen molar-refractivity contribution in [3.05, 3.63) is 60.2 Å². The molecule has 142 valence electrons. The highest BCUT2D eigenvalue weighted by Gasteiger charge is 2.29. The second-order valence-electron chi connectivity index (χ2n) is 6.91. The fourth-order valence-corrected chi connectivity index (χ4v) is 4.13. The molecule has 2 aromatic carbocycles. The van der Waals surface area contributed by atoms with Crippen molar-refractivity contribution < 1.29 is 9.59 Å². The van der Waals surface area contributed by atoms with Gasteiger partial charge in [-0.05, 0) is 38.2 Å². The van der Waals surface area contributed by atoms with E-state index >= 15 is 0 Å². The third-order valence-corrected chi connectivity index (χ3v) is 5.93. The summed E-state index contributed by atoms with van der Waals surface area (Å²) in [6.07, 6.45) is 1.04. The summed E-state index contributed by atoms with van der Waals surface area (Å²) in [5, 5.41) is 5.49. The van der Waals surface area contributed by atoms with Gasteiger partial charge in [0.1, 0.15) is 0 Å². The highest BCUT2D eigenvalue weighted by atomic mass is 32.2. The van der Waals surface area contributed by atoms with Gasteiger partial charge in [0.25, 0.3) is 0 Å². The molecule has 1 heterocycles. The van der Waals surface area contributed by atoms with Crippen LogP contribution in [0.25, 0.3) is 0 Å². The number of amides is 2. The number of likely N-dealkylation sites (N-methyl/N-ethyl adjacent to an activating group) is 1. The number of para-hydroxylation sites is 1. The van der Waals surface area contributed by atoms with Crippen molar-refractivity contribution in [2.24, 2.45) is 0 Å². The molecule has 2 N–H and O–H groups in total. The Bertz CT molecular complexity index is 795. The minimum atomic E-state index is -0.396. The molecular weight excluding hydrogens is 358 g/mol. The summed E-state index contributed by atoms with van der Waals surface area (Å²) in [4.78, 5) is 27.8. The highest BCUT2D eigenvalue weighted by Crippen LogP contribution is 2.36. The standard InChI is InChI=1S/C21H25N3O2S/c1-24(2)16(12-15-8-4-3-5-9-15)14-22-20(25)13-19-21(26)23-17-10-6-7-11-18(17)27-19/h3-11,16,19H,12-14H2,1-2H3,(H,22,25)(H,23,26). The lowest BCUT2D eigenvalue weighted by atomic mass is 10.1. The number of rotatable bonds is 7. The molecule has 0 saturated carbocycles. The maximum atomic E-state index is 12.4. The zero-order valence-electron chi connectivity index (χ0n) is 15.6. The lowest BCUT2D eigenvalue weighted by molar-refractivity contribution is -0.124. The third kappa shape index (κ3) is 5.34. The zero-order valence-corrected chi connectivity index (χ0v) is 16.5. The van der Waals surface area contributed by atoms with Crippen molar-refractivity contribution in [1.82, 2.24) is 10.2 Å². The smallest absolute Gasteiger partial charge is 0.238 e. The van der Waals surface area contributed by atoms with E-state index in [-0.39, 0.29) is 24.3 Å². The fraction of sp³-hybridized carbons (Fsp3) is 0.333. The highest BCUT2D eigenvalue weighted by molar-refractivity contribution is 8.01. The van der Waals surface area contributed by atoms with Crippen LogP contribution in [0.2, 0.25) is 0 Å². The van der Waals surface area contributed by atoms with E-state index in [2.05, 4.69) is 27.7 Å². The van der Waals surface area contributed by atoms with Crippen LogP contribution in [0.3, 0.4) is 0 Å². The molecule has 0 bridgehead atoms. The molecular formula is C21H25N3O2S. The number of benzene rings is 2. The Balaban J connectivity index is 1.53. The van der Waals surface area contributed by atoms with E-state index < -0.39 is 5.25 Å². The normalized spacial score (nSPS) is 17.1. The molecule has 0 radical (unpaired) electrons. The van der Waals surface area contributed by atoms with Crippen LogP contribution < -0.4 is 10.6 Å². The van der Waals surface area contributed by atoms with E-state index in [0.717, 1.165) is 17.0 Å². The largest absolute Gasteiger partial charge is 0.354 e. The molecule has 6 heteroatoms. The molecule has 2 aromatic rings. The lowest BCUT2D eigenvalue weighted by Gasteiger charge is -2.26. The predicted octanol–water partition coefficient (Wildman–Crippen LogP) is 2.78. The van der Waals surface area contributed by atoms with E-state index in [0.29, 0.717) is 6.54 Å². The third-order valence-electron chi connectivity index (χ3n) is 4.66. The molecule has 0 fully saturated rings. The molecule has 1 aliphatic heterocycles.